The first-order chi connectivity index (χ1) is 12.5. The lowest BCUT2D eigenvalue weighted by molar-refractivity contribution is 0.350. The fourth-order valence-electron chi connectivity index (χ4n) is 4.07. The predicted octanol–water partition coefficient (Wildman–Crippen LogP) is 5.57. The second-order valence-corrected chi connectivity index (χ2v) is 7.42. The topological polar surface area (TPSA) is 30.5 Å². The van der Waals surface area contributed by atoms with Gasteiger partial charge in [-0.3, -0.25) is 0 Å². The van der Waals surface area contributed by atoms with E-state index in [1.54, 1.807) is 14.2 Å². The Bertz CT molecular complexity index is 900. The van der Waals surface area contributed by atoms with E-state index in [2.05, 4.69) is 27.3 Å². The molecule has 0 spiro atoms. The lowest BCUT2D eigenvalue weighted by Crippen LogP contribution is -2.30. The van der Waals surface area contributed by atoms with Gasteiger partial charge in [-0.1, -0.05) is 12.2 Å². The molecule has 0 saturated carbocycles. The molecule has 1 aliphatic heterocycles. The van der Waals surface area contributed by atoms with E-state index in [0.717, 1.165) is 22.5 Å². The Balaban J connectivity index is 1.82. The summed E-state index contributed by atoms with van der Waals surface area (Å²) in [5, 5.41) is 3.30. The monoisotopic (exact) mass is 421 g/mol. The minimum atomic E-state index is -0.566. The van der Waals surface area contributed by atoms with Crippen LogP contribution in [-0.2, 0) is 0 Å². The van der Waals surface area contributed by atoms with Gasteiger partial charge < -0.3 is 14.8 Å². The maximum Gasteiger partial charge on any atom is 0.174 e. The number of allylic oxidation sites excluding steroid dienone is 2. The highest BCUT2D eigenvalue weighted by Gasteiger charge is 2.39. The standard InChI is InChI=1S/C20H18BrF2NO2/c1-25-17-7-10(6-15(21)20(17)26-2)18-13-5-3-4-12(13)14-8-11(22)9-16(23)19(14)24-18/h3-4,6-9,12-13,18,24H,5H2,1-2H3/t12-,13-,18-/m1/s1. The average molecular weight is 422 g/mol. The van der Waals surface area contributed by atoms with Crippen molar-refractivity contribution in [1.29, 1.82) is 0 Å². The summed E-state index contributed by atoms with van der Waals surface area (Å²) in [4.78, 5) is 0. The zero-order valence-corrected chi connectivity index (χ0v) is 15.9. The van der Waals surface area contributed by atoms with E-state index in [4.69, 9.17) is 9.47 Å². The summed E-state index contributed by atoms with van der Waals surface area (Å²) in [6, 6.07) is 6.09. The Morgan fingerprint density at radius 2 is 1.92 bits per heavy atom. The molecular formula is C20H18BrF2NO2. The molecule has 0 bridgehead atoms. The number of fused-ring (bicyclic) bond motifs is 3. The van der Waals surface area contributed by atoms with Gasteiger partial charge in [-0.05, 0) is 57.6 Å². The van der Waals surface area contributed by atoms with Crippen LogP contribution in [0.1, 0.15) is 29.5 Å². The molecule has 26 heavy (non-hydrogen) atoms. The summed E-state index contributed by atoms with van der Waals surface area (Å²) in [7, 11) is 3.16. The average Bonchev–Trinajstić information content (AvgIpc) is 3.10. The largest absolute Gasteiger partial charge is 0.493 e. The Labute approximate surface area is 159 Å². The van der Waals surface area contributed by atoms with Crippen LogP contribution in [0, 0.1) is 17.6 Å². The van der Waals surface area contributed by atoms with Gasteiger partial charge in [-0.25, -0.2) is 8.78 Å². The van der Waals surface area contributed by atoms with Gasteiger partial charge in [0.2, 0.25) is 0 Å². The molecule has 0 unspecified atom stereocenters. The van der Waals surface area contributed by atoms with Gasteiger partial charge in [0.25, 0.3) is 0 Å². The van der Waals surface area contributed by atoms with Crippen molar-refractivity contribution in [3.8, 4) is 11.5 Å². The van der Waals surface area contributed by atoms with E-state index in [1.807, 2.05) is 18.2 Å². The number of anilines is 1. The zero-order chi connectivity index (χ0) is 18.4. The van der Waals surface area contributed by atoms with Crippen LogP contribution >= 0.6 is 15.9 Å². The van der Waals surface area contributed by atoms with Gasteiger partial charge in [0.05, 0.1) is 30.4 Å². The summed E-state index contributed by atoms with van der Waals surface area (Å²) in [6.45, 7) is 0. The molecule has 4 rings (SSSR count). The van der Waals surface area contributed by atoms with Gasteiger partial charge in [-0.15, -0.1) is 0 Å². The number of ether oxygens (including phenoxy) is 2. The number of rotatable bonds is 3. The highest BCUT2D eigenvalue weighted by Crippen LogP contribution is 2.52. The van der Waals surface area contributed by atoms with Crippen LogP contribution in [0.25, 0.3) is 0 Å². The van der Waals surface area contributed by atoms with E-state index in [0.29, 0.717) is 22.7 Å². The fourth-order valence-corrected chi connectivity index (χ4v) is 4.69. The third-order valence-corrected chi connectivity index (χ3v) is 5.79. The van der Waals surface area contributed by atoms with E-state index in [1.165, 1.54) is 6.07 Å². The molecule has 0 amide bonds. The summed E-state index contributed by atoms with van der Waals surface area (Å²) in [5.74, 6) is 0.257. The van der Waals surface area contributed by atoms with Gasteiger partial charge in [0, 0.05) is 12.0 Å². The van der Waals surface area contributed by atoms with Crippen molar-refractivity contribution in [3.63, 3.8) is 0 Å². The lowest BCUT2D eigenvalue weighted by Gasteiger charge is -2.38. The van der Waals surface area contributed by atoms with Crippen LogP contribution in [-0.4, -0.2) is 14.2 Å². The summed E-state index contributed by atoms with van der Waals surface area (Å²) in [5.41, 5.74) is 2.01. The smallest absolute Gasteiger partial charge is 0.174 e. The van der Waals surface area contributed by atoms with Crippen molar-refractivity contribution < 1.29 is 18.3 Å². The van der Waals surface area contributed by atoms with E-state index < -0.39 is 11.6 Å². The summed E-state index contributed by atoms with van der Waals surface area (Å²) in [6.07, 6.45) is 4.97. The van der Waals surface area contributed by atoms with Crippen LogP contribution in [0.2, 0.25) is 0 Å². The second kappa shape index (κ2) is 6.58. The van der Waals surface area contributed by atoms with Crippen molar-refractivity contribution in [3.05, 3.63) is 63.7 Å². The second-order valence-electron chi connectivity index (χ2n) is 6.57. The number of benzene rings is 2. The van der Waals surface area contributed by atoms with Crippen molar-refractivity contribution in [2.24, 2.45) is 5.92 Å². The number of hydrogen-bond donors (Lipinski definition) is 1. The maximum absolute atomic E-state index is 14.4. The summed E-state index contributed by atoms with van der Waals surface area (Å²) >= 11 is 3.52. The van der Waals surface area contributed by atoms with E-state index in [9.17, 15) is 8.78 Å². The molecule has 0 saturated heterocycles. The third-order valence-electron chi connectivity index (χ3n) is 5.20. The molecule has 2 aromatic rings. The number of methoxy groups -OCH3 is 2. The molecule has 1 aliphatic carbocycles. The van der Waals surface area contributed by atoms with Crippen molar-refractivity contribution in [2.45, 2.75) is 18.4 Å². The van der Waals surface area contributed by atoms with Crippen molar-refractivity contribution >= 4 is 21.6 Å². The maximum atomic E-state index is 14.4. The van der Waals surface area contributed by atoms with Gasteiger partial charge in [-0.2, -0.15) is 0 Å². The van der Waals surface area contributed by atoms with Crippen LogP contribution in [0.4, 0.5) is 14.5 Å². The number of hydrogen-bond acceptors (Lipinski definition) is 3. The molecule has 0 radical (unpaired) electrons. The predicted molar refractivity (Wildman–Crippen MR) is 100.0 cm³/mol. The third kappa shape index (κ3) is 2.67. The minimum Gasteiger partial charge on any atom is -0.493 e. The molecule has 3 atom stereocenters. The highest BCUT2D eigenvalue weighted by atomic mass is 79.9. The number of nitrogens with one attached hydrogen (secondary N) is 1. The van der Waals surface area contributed by atoms with Crippen LogP contribution < -0.4 is 14.8 Å². The van der Waals surface area contributed by atoms with E-state index in [-0.39, 0.29) is 17.9 Å². The fraction of sp³-hybridized carbons (Fsp3) is 0.300. The quantitative estimate of drug-likeness (QED) is 0.656. The van der Waals surface area contributed by atoms with E-state index >= 15 is 0 Å². The van der Waals surface area contributed by atoms with Crippen LogP contribution in [0.3, 0.4) is 0 Å². The number of halogens is 3. The Hall–Kier alpha value is -2.08. The normalized spacial score (nSPS) is 23.2. The molecule has 1 heterocycles. The molecule has 6 heteroatoms. The molecule has 2 aliphatic rings. The Morgan fingerprint density at radius 3 is 2.65 bits per heavy atom. The molecule has 136 valence electrons. The SMILES string of the molecule is COc1cc([C@H]2Nc3c(F)cc(F)cc3[C@@H]3C=CC[C@@H]23)cc(Br)c1OC. The van der Waals surface area contributed by atoms with Crippen molar-refractivity contribution in [2.75, 3.05) is 19.5 Å². The van der Waals surface area contributed by atoms with Crippen LogP contribution in [0.5, 0.6) is 11.5 Å². The molecule has 3 nitrogen and oxygen atoms in total. The minimum absolute atomic E-state index is 0.0201. The first-order valence-corrected chi connectivity index (χ1v) is 9.16. The molecule has 1 N–H and O–H groups in total. The zero-order valence-electron chi connectivity index (χ0n) is 14.4. The molecule has 0 aromatic heterocycles. The first kappa shape index (κ1) is 17.3. The van der Waals surface area contributed by atoms with Crippen LogP contribution in [0.15, 0.2) is 40.9 Å². The first-order valence-electron chi connectivity index (χ1n) is 8.37. The Kier molecular flexibility index (Phi) is 4.39. The van der Waals surface area contributed by atoms with Gasteiger partial charge in [0.15, 0.2) is 11.5 Å². The lowest BCUT2D eigenvalue weighted by atomic mass is 9.77. The molecular weight excluding hydrogens is 404 g/mol. The highest BCUT2D eigenvalue weighted by molar-refractivity contribution is 9.10. The van der Waals surface area contributed by atoms with Gasteiger partial charge >= 0.3 is 0 Å². The molecule has 0 fully saturated rings. The Morgan fingerprint density at radius 1 is 1.12 bits per heavy atom. The van der Waals surface area contributed by atoms with Crippen molar-refractivity contribution in [1.82, 2.24) is 0 Å². The summed E-state index contributed by atoms with van der Waals surface area (Å²) < 4.78 is 39.8. The van der Waals surface area contributed by atoms with Gasteiger partial charge in [0.1, 0.15) is 11.6 Å². The molecule has 2 aromatic carbocycles.